The summed E-state index contributed by atoms with van der Waals surface area (Å²) >= 11 is 5.81. The lowest BCUT2D eigenvalue weighted by Crippen LogP contribution is -2.53. The van der Waals surface area contributed by atoms with Gasteiger partial charge in [0.2, 0.25) is 15.9 Å². The number of halogens is 1. The normalized spacial score (nSPS) is 16.5. The fourth-order valence-electron chi connectivity index (χ4n) is 3.30. The van der Waals surface area contributed by atoms with E-state index in [0.717, 1.165) is 0 Å². The fraction of sp³-hybridized carbons (Fsp3) is 0.400. The first-order valence-corrected chi connectivity index (χ1v) is 11.5. The molecule has 1 aliphatic rings. The van der Waals surface area contributed by atoms with Crippen molar-refractivity contribution in [1.82, 2.24) is 14.2 Å². The molecular weight excluding hydrogens is 444 g/mol. The van der Waals surface area contributed by atoms with Crippen LogP contribution in [0.2, 0.25) is 5.02 Å². The zero-order valence-electron chi connectivity index (χ0n) is 17.5. The van der Waals surface area contributed by atoms with E-state index in [1.165, 1.54) is 36.9 Å². The van der Waals surface area contributed by atoms with Crippen LogP contribution in [-0.4, -0.2) is 75.0 Å². The first kappa shape index (κ1) is 23.3. The number of rotatable bonds is 7. The van der Waals surface area contributed by atoms with Crippen LogP contribution < -0.4 is 14.8 Å². The predicted octanol–water partition coefficient (Wildman–Crippen LogP) is 2.09. The molecule has 31 heavy (non-hydrogen) atoms. The number of ether oxygens (including phenoxy) is 2. The van der Waals surface area contributed by atoms with E-state index in [4.69, 9.17) is 21.1 Å². The van der Waals surface area contributed by atoms with Crippen molar-refractivity contribution in [2.45, 2.75) is 17.9 Å². The van der Waals surface area contributed by atoms with Crippen molar-refractivity contribution in [2.75, 3.05) is 45.7 Å². The maximum atomic E-state index is 13.0. The molecule has 2 heterocycles. The number of sulfonamides is 1. The number of carbonyl (C=O) groups excluding carboxylic acids is 1. The highest BCUT2D eigenvalue weighted by Gasteiger charge is 2.32. The quantitative estimate of drug-likeness (QED) is 0.663. The Morgan fingerprint density at radius 2 is 1.77 bits per heavy atom. The van der Waals surface area contributed by atoms with E-state index in [1.54, 1.807) is 25.1 Å². The summed E-state index contributed by atoms with van der Waals surface area (Å²) < 4.78 is 37.9. The summed E-state index contributed by atoms with van der Waals surface area (Å²) in [6.07, 6.45) is 1.46. The molecule has 3 rings (SSSR count). The molecule has 11 heteroatoms. The van der Waals surface area contributed by atoms with E-state index < -0.39 is 16.1 Å². The Hall–Kier alpha value is -2.40. The number of hydrogen-bond donors (Lipinski definition) is 1. The third-order valence-electron chi connectivity index (χ3n) is 5.17. The third-order valence-corrected chi connectivity index (χ3v) is 7.29. The Labute approximate surface area is 187 Å². The highest BCUT2D eigenvalue weighted by atomic mass is 35.5. The van der Waals surface area contributed by atoms with E-state index >= 15 is 0 Å². The molecule has 1 atom stereocenters. The van der Waals surface area contributed by atoms with Gasteiger partial charge in [-0.1, -0.05) is 11.6 Å². The van der Waals surface area contributed by atoms with Crippen molar-refractivity contribution in [3.63, 3.8) is 0 Å². The summed E-state index contributed by atoms with van der Waals surface area (Å²) in [4.78, 5) is 18.7. The van der Waals surface area contributed by atoms with Crippen molar-refractivity contribution in [1.29, 1.82) is 0 Å². The SMILES string of the molecule is COc1ccc(S(=O)(=O)N2CCN([C@@H](C)C(=O)Nc3ccc(Cl)cn3)CC2)cc1OC. The molecule has 1 fully saturated rings. The van der Waals surface area contributed by atoms with Crippen molar-refractivity contribution < 1.29 is 22.7 Å². The summed E-state index contributed by atoms with van der Waals surface area (Å²) in [5, 5.41) is 3.23. The highest BCUT2D eigenvalue weighted by Crippen LogP contribution is 2.31. The van der Waals surface area contributed by atoms with E-state index in [1.807, 2.05) is 4.90 Å². The fourth-order valence-corrected chi connectivity index (χ4v) is 4.85. The Balaban J connectivity index is 1.62. The summed E-state index contributed by atoms with van der Waals surface area (Å²) in [5.74, 6) is 1.01. The largest absolute Gasteiger partial charge is 0.493 e. The molecule has 0 bridgehead atoms. The highest BCUT2D eigenvalue weighted by molar-refractivity contribution is 7.89. The van der Waals surface area contributed by atoms with Crippen molar-refractivity contribution in [2.24, 2.45) is 0 Å². The number of methoxy groups -OCH3 is 2. The molecule has 1 aliphatic heterocycles. The van der Waals surface area contributed by atoms with Gasteiger partial charge in [-0.05, 0) is 31.2 Å². The maximum absolute atomic E-state index is 13.0. The van der Waals surface area contributed by atoms with Gasteiger partial charge < -0.3 is 14.8 Å². The number of benzene rings is 1. The Morgan fingerprint density at radius 3 is 2.35 bits per heavy atom. The minimum atomic E-state index is -3.69. The lowest BCUT2D eigenvalue weighted by molar-refractivity contribution is -0.121. The number of hydrogen-bond acceptors (Lipinski definition) is 7. The van der Waals surface area contributed by atoms with Gasteiger partial charge in [0, 0.05) is 38.4 Å². The van der Waals surface area contributed by atoms with E-state index in [9.17, 15) is 13.2 Å². The van der Waals surface area contributed by atoms with Gasteiger partial charge in [0.15, 0.2) is 11.5 Å². The van der Waals surface area contributed by atoms with Gasteiger partial charge in [0.25, 0.3) is 0 Å². The number of pyridine rings is 1. The van der Waals surface area contributed by atoms with Crippen LogP contribution in [0.1, 0.15) is 6.92 Å². The molecule has 1 amide bonds. The minimum absolute atomic E-state index is 0.137. The number of carbonyl (C=O) groups is 1. The lowest BCUT2D eigenvalue weighted by atomic mass is 10.2. The van der Waals surface area contributed by atoms with Crippen molar-refractivity contribution in [3.8, 4) is 11.5 Å². The van der Waals surface area contributed by atoms with E-state index in [0.29, 0.717) is 35.4 Å². The molecular formula is C20H25ClN4O5S. The predicted molar refractivity (Wildman–Crippen MR) is 117 cm³/mol. The number of amides is 1. The summed E-state index contributed by atoms with van der Waals surface area (Å²) in [7, 11) is -0.745. The van der Waals surface area contributed by atoms with Gasteiger partial charge in [0.1, 0.15) is 5.82 Å². The Kier molecular flexibility index (Phi) is 7.37. The van der Waals surface area contributed by atoms with Crippen molar-refractivity contribution in [3.05, 3.63) is 41.6 Å². The number of nitrogens with one attached hydrogen (secondary N) is 1. The summed E-state index contributed by atoms with van der Waals surface area (Å²) in [5.41, 5.74) is 0. The molecule has 0 saturated carbocycles. The van der Waals surface area contributed by atoms with Gasteiger partial charge in [0.05, 0.1) is 30.2 Å². The Bertz CT molecular complexity index is 1020. The topological polar surface area (TPSA) is 101 Å². The Morgan fingerprint density at radius 1 is 1.10 bits per heavy atom. The number of piperazine rings is 1. The van der Waals surface area contributed by atoms with Crippen LogP contribution in [0.25, 0.3) is 0 Å². The summed E-state index contributed by atoms with van der Waals surface area (Å²) in [6.45, 7) is 3.18. The number of aromatic nitrogens is 1. The molecule has 0 unspecified atom stereocenters. The third kappa shape index (κ3) is 5.27. The molecule has 0 aliphatic carbocycles. The second kappa shape index (κ2) is 9.82. The average Bonchev–Trinajstić information content (AvgIpc) is 2.79. The summed E-state index contributed by atoms with van der Waals surface area (Å²) in [6, 6.07) is 7.35. The molecule has 0 spiro atoms. The monoisotopic (exact) mass is 468 g/mol. The molecule has 0 radical (unpaired) electrons. The van der Waals surface area contributed by atoms with Crippen LogP contribution in [0.15, 0.2) is 41.4 Å². The number of anilines is 1. The minimum Gasteiger partial charge on any atom is -0.493 e. The molecule has 1 aromatic carbocycles. The van der Waals surface area contributed by atoms with Crippen LogP contribution in [0.4, 0.5) is 5.82 Å². The van der Waals surface area contributed by atoms with Gasteiger partial charge >= 0.3 is 0 Å². The zero-order chi connectivity index (χ0) is 22.6. The average molecular weight is 469 g/mol. The second-order valence-electron chi connectivity index (χ2n) is 6.98. The molecule has 168 valence electrons. The lowest BCUT2D eigenvalue weighted by Gasteiger charge is -2.36. The van der Waals surface area contributed by atoms with Crippen LogP contribution in [0.3, 0.4) is 0 Å². The van der Waals surface area contributed by atoms with Crippen molar-refractivity contribution >= 4 is 33.3 Å². The van der Waals surface area contributed by atoms with Crippen LogP contribution in [0, 0.1) is 0 Å². The van der Waals surface area contributed by atoms with Gasteiger partial charge in [-0.3, -0.25) is 9.69 Å². The zero-order valence-corrected chi connectivity index (χ0v) is 19.1. The van der Waals surface area contributed by atoms with E-state index in [-0.39, 0.29) is 23.9 Å². The van der Waals surface area contributed by atoms with Gasteiger partial charge in [-0.2, -0.15) is 4.31 Å². The molecule has 2 aromatic rings. The molecule has 1 aromatic heterocycles. The molecule has 1 saturated heterocycles. The van der Waals surface area contributed by atoms with E-state index in [2.05, 4.69) is 10.3 Å². The van der Waals surface area contributed by atoms with Gasteiger partial charge in [-0.15, -0.1) is 0 Å². The van der Waals surface area contributed by atoms with Crippen LogP contribution in [0.5, 0.6) is 11.5 Å². The first-order chi connectivity index (χ1) is 14.8. The maximum Gasteiger partial charge on any atom is 0.243 e. The first-order valence-electron chi connectivity index (χ1n) is 9.65. The standard InChI is InChI=1S/C20H25ClN4O5S/c1-14(20(26)23-19-7-4-15(21)13-22-19)24-8-10-25(11-9-24)31(27,28)16-5-6-17(29-2)18(12-16)30-3/h4-7,12-14H,8-11H2,1-3H3,(H,22,23,26)/t14-/m0/s1. The van der Waals surface area contributed by atoms with Gasteiger partial charge in [-0.25, -0.2) is 13.4 Å². The second-order valence-corrected chi connectivity index (χ2v) is 9.36. The number of nitrogens with zero attached hydrogens (tertiary/aromatic N) is 3. The van der Waals surface area contributed by atoms with Crippen LogP contribution >= 0.6 is 11.6 Å². The molecule has 1 N–H and O–H groups in total. The smallest absolute Gasteiger partial charge is 0.243 e. The molecule has 9 nitrogen and oxygen atoms in total. The van der Waals surface area contributed by atoms with Crippen LogP contribution in [-0.2, 0) is 14.8 Å².